The molecule has 0 N–H and O–H groups in total. The summed E-state index contributed by atoms with van der Waals surface area (Å²) < 4.78 is 6.80. The van der Waals surface area contributed by atoms with Crippen molar-refractivity contribution in [3.8, 4) is 11.1 Å². The van der Waals surface area contributed by atoms with Crippen molar-refractivity contribution in [2.75, 3.05) is 4.90 Å². The smallest absolute Gasteiger partial charge is 0.159 e. The van der Waals surface area contributed by atoms with Gasteiger partial charge in [0.25, 0.3) is 0 Å². The SMILES string of the molecule is CC1C=C2C(=CC1)C(c1ccccc1)(c1ccc(N(c3ccccc3-c3cccc4c3ccc3ccccc34)c3cccc4c3oc3ccccc34)cc1)c1ccccc12. The van der Waals surface area contributed by atoms with Crippen LogP contribution in [0.1, 0.15) is 35.6 Å². The van der Waals surface area contributed by atoms with E-state index in [9.17, 15) is 0 Å². The molecule has 2 aliphatic carbocycles. The average molecular weight is 768 g/mol. The minimum atomic E-state index is -0.449. The number of furan rings is 1. The molecule has 60 heavy (non-hydrogen) atoms. The highest BCUT2D eigenvalue weighted by molar-refractivity contribution is 6.14. The second-order valence-electron chi connectivity index (χ2n) is 16.4. The second-order valence-corrected chi connectivity index (χ2v) is 16.4. The number of hydrogen-bond acceptors (Lipinski definition) is 2. The molecule has 10 aromatic rings. The number of allylic oxidation sites excluding steroid dienone is 4. The van der Waals surface area contributed by atoms with E-state index in [1.54, 1.807) is 0 Å². The summed E-state index contributed by atoms with van der Waals surface area (Å²) in [6.45, 7) is 2.33. The van der Waals surface area contributed by atoms with Crippen molar-refractivity contribution < 1.29 is 4.42 Å². The van der Waals surface area contributed by atoms with E-state index < -0.39 is 5.41 Å². The zero-order chi connectivity index (χ0) is 39.8. The van der Waals surface area contributed by atoms with Crippen LogP contribution in [0.3, 0.4) is 0 Å². The molecule has 0 saturated carbocycles. The Morgan fingerprint density at radius 2 is 1.13 bits per heavy atom. The van der Waals surface area contributed by atoms with Gasteiger partial charge in [0.1, 0.15) is 5.58 Å². The van der Waals surface area contributed by atoms with E-state index in [1.165, 1.54) is 60.5 Å². The fourth-order valence-corrected chi connectivity index (χ4v) is 10.5. The molecule has 0 spiro atoms. The van der Waals surface area contributed by atoms with Gasteiger partial charge >= 0.3 is 0 Å². The van der Waals surface area contributed by atoms with Crippen LogP contribution in [0, 0.1) is 5.92 Å². The first-order chi connectivity index (χ1) is 29.7. The van der Waals surface area contributed by atoms with Crippen LogP contribution in [0.4, 0.5) is 17.1 Å². The quantitative estimate of drug-likeness (QED) is 0.157. The van der Waals surface area contributed by atoms with Crippen molar-refractivity contribution >= 4 is 66.1 Å². The Kier molecular flexibility index (Phi) is 7.83. The highest BCUT2D eigenvalue weighted by Gasteiger charge is 2.48. The fourth-order valence-electron chi connectivity index (χ4n) is 10.5. The van der Waals surface area contributed by atoms with Gasteiger partial charge in [-0.1, -0.05) is 189 Å². The van der Waals surface area contributed by atoms with Gasteiger partial charge in [0.05, 0.1) is 16.8 Å². The van der Waals surface area contributed by atoms with Crippen molar-refractivity contribution in [3.63, 3.8) is 0 Å². The molecular formula is C58H41NO. The van der Waals surface area contributed by atoms with Crippen molar-refractivity contribution in [2.24, 2.45) is 5.92 Å². The molecule has 2 unspecified atom stereocenters. The molecule has 2 atom stereocenters. The van der Waals surface area contributed by atoms with E-state index in [0.29, 0.717) is 5.92 Å². The predicted molar refractivity (Wildman–Crippen MR) is 251 cm³/mol. The van der Waals surface area contributed by atoms with Gasteiger partial charge in [-0.25, -0.2) is 0 Å². The van der Waals surface area contributed by atoms with Crippen LogP contribution in [0.15, 0.2) is 222 Å². The van der Waals surface area contributed by atoms with Crippen molar-refractivity contribution in [2.45, 2.75) is 18.8 Å². The summed E-state index contributed by atoms with van der Waals surface area (Å²) in [7, 11) is 0. The third-order valence-corrected chi connectivity index (χ3v) is 13.1. The summed E-state index contributed by atoms with van der Waals surface area (Å²) >= 11 is 0. The molecule has 0 fully saturated rings. The molecule has 0 radical (unpaired) electrons. The molecule has 2 nitrogen and oxygen atoms in total. The van der Waals surface area contributed by atoms with E-state index in [0.717, 1.165) is 51.0 Å². The minimum absolute atomic E-state index is 0.449. The molecule has 1 aromatic heterocycles. The molecule has 2 aliphatic rings. The number of anilines is 3. The Bertz CT molecular complexity index is 3370. The molecule has 12 rings (SSSR count). The van der Waals surface area contributed by atoms with Crippen LogP contribution in [0.2, 0.25) is 0 Å². The third-order valence-electron chi connectivity index (χ3n) is 13.1. The highest BCUT2D eigenvalue weighted by Crippen LogP contribution is 2.59. The lowest BCUT2D eigenvalue weighted by Gasteiger charge is -2.36. The lowest BCUT2D eigenvalue weighted by molar-refractivity contribution is 0.669. The van der Waals surface area contributed by atoms with E-state index in [2.05, 4.69) is 218 Å². The average Bonchev–Trinajstić information content (AvgIpc) is 3.84. The van der Waals surface area contributed by atoms with Gasteiger partial charge in [0, 0.05) is 22.0 Å². The number of nitrogens with zero attached hydrogens (tertiary/aromatic N) is 1. The summed E-state index contributed by atoms with van der Waals surface area (Å²) in [5.41, 5.74) is 14.7. The second kappa shape index (κ2) is 13.6. The van der Waals surface area contributed by atoms with E-state index >= 15 is 0 Å². The van der Waals surface area contributed by atoms with Crippen LogP contribution in [-0.4, -0.2) is 0 Å². The van der Waals surface area contributed by atoms with Gasteiger partial charge in [-0.2, -0.15) is 0 Å². The molecule has 0 aliphatic heterocycles. The van der Waals surface area contributed by atoms with Crippen molar-refractivity contribution in [3.05, 3.63) is 240 Å². The van der Waals surface area contributed by atoms with Gasteiger partial charge in [-0.15, -0.1) is 0 Å². The Hall–Kier alpha value is -7.42. The topological polar surface area (TPSA) is 16.4 Å². The zero-order valence-electron chi connectivity index (χ0n) is 33.3. The molecule has 0 amide bonds. The van der Waals surface area contributed by atoms with Gasteiger partial charge in [-0.05, 0) is 103 Å². The molecule has 0 saturated heterocycles. The van der Waals surface area contributed by atoms with Crippen LogP contribution in [-0.2, 0) is 5.41 Å². The van der Waals surface area contributed by atoms with Gasteiger partial charge in [0.15, 0.2) is 5.58 Å². The molecule has 2 heteroatoms. The Labute approximate surface area is 350 Å². The maximum Gasteiger partial charge on any atom is 0.159 e. The maximum absolute atomic E-state index is 6.80. The zero-order valence-corrected chi connectivity index (χ0v) is 33.3. The summed E-state index contributed by atoms with van der Waals surface area (Å²) in [5, 5.41) is 7.19. The van der Waals surface area contributed by atoms with Crippen LogP contribution in [0.5, 0.6) is 0 Å². The van der Waals surface area contributed by atoms with E-state index in [1.807, 2.05) is 6.07 Å². The lowest BCUT2D eigenvalue weighted by atomic mass is 9.66. The molecule has 9 aromatic carbocycles. The van der Waals surface area contributed by atoms with E-state index in [4.69, 9.17) is 4.42 Å². The van der Waals surface area contributed by atoms with Crippen LogP contribution < -0.4 is 4.90 Å². The fraction of sp³-hybridized carbons (Fsp3) is 0.0690. The Balaban J connectivity index is 1.10. The van der Waals surface area contributed by atoms with Crippen molar-refractivity contribution in [1.82, 2.24) is 0 Å². The largest absolute Gasteiger partial charge is 0.454 e. The van der Waals surface area contributed by atoms with Gasteiger partial charge in [-0.3, -0.25) is 0 Å². The maximum atomic E-state index is 6.80. The number of fused-ring (bicyclic) bond motifs is 9. The third kappa shape index (κ3) is 5.07. The normalized spacial score (nSPS) is 17.1. The summed E-state index contributed by atoms with van der Waals surface area (Å²) in [5.74, 6) is 0.487. The minimum Gasteiger partial charge on any atom is -0.454 e. The first-order valence-electron chi connectivity index (χ1n) is 21.1. The van der Waals surface area contributed by atoms with Gasteiger partial charge < -0.3 is 9.32 Å². The Morgan fingerprint density at radius 3 is 2.02 bits per heavy atom. The highest BCUT2D eigenvalue weighted by atomic mass is 16.3. The first kappa shape index (κ1) is 34.6. The molecule has 1 heterocycles. The Morgan fingerprint density at radius 1 is 0.483 bits per heavy atom. The first-order valence-corrected chi connectivity index (χ1v) is 21.1. The van der Waals surface area contributed by atoms with E-state index in [-0.39, 0.29) is 0 Å². The summed E-state index contributed by atoms with van der Waals surface area (Å²) in [4.78, 5) is 2.41. The monoisotopic (exact) mass is 767 g/mol. The van der Waals surface area contributed by atoms with Crippen LogP contribution >= 0.6 is 0 Å². The predicted octanol–water partition coefficient (Wildman–Crippen LogP) is 15.7. The molecule has 284 valence electrons. The number of benzene rings is 9. The standard InChI is InChI=1S/C58H41NO/c1-38-29-36-53-51(37-38)47-19-7-10-25-52(47)58(53,40-16-3-2-4-17-40)41-31-33-42(34-32-41)59(55-27-14-24-50-49-21-9-12-28-56(49)60-57(50)55)54-26-11-8-20-48(54)45-23-13-22-44-43-18-6-5-15-39(43)30-35-46(44)45/h2-28,30-38H,29H2,1H3. The lowest BCUT2D eigenvalue weighted by Crippen LogP contribution is -2.29. The van der Waals surface area contributed by atoms with Crippen molar-refractivity contribution in [1.29, 1.82) is 0 Å². The molecule has 0 bridgehead atoms. The van der Waals surface area contributed by atoms with Crippen LogP contribution in [0.25, 0.3) is 60.2 Å². The molecular weight excluding hydrogens is 727 g/mol. The number of rotatable bonds is 6. The number of hydrogen-bond donors (Lipinski definition) is 0. The summed E-state index contributed by atoms with van der Waals surface area (Å²) in [6.07, 6.45) is 6.03. The summed E-state index contributed by atoms with van der Waals surface area (Å²) in [6, 6.07) is 73.3. The van der Waals surface area contributed by atoms with Gasteiger partial charge in [0.2, 0.25) is 0 Å². The number of para-hydroxylation sites is 3.